The summed E-state index contributed by atoms with van der Waals surface area (Å²) in [4.78, 5) is 41.2. The Hall–Kier alpha value is -2.37. The summed E-state index contributed by atoms with van der Waals surface area (Å²) in [6, 6.07) is 9.63. The number of carboxylic acid groups (broad SMARTS) is 1. The predicted octanol–water partition coefficient (Wildman–Crippen LogP) is 2.42. The molecule has 150 valence electrons. The molecule has 3 fully saturated rings. The molecule has 2 saturated heterocycles. The average molecular weight is 384 g/mol. The number of piperidine rings is 1. The highest BCUT2D eigenvalue weighted by atomic mass is 16.4. The Kier molecular flexibility index (Phi) is 5.13. The van der Waals surface area contributed by atoms with Gasteiger partial charge in [-0.05, 0) is 31.2 Å². The topological polar surface area (TPSA) is 77.9 Å². The molecule has 0 bridgehead atoms. The van der Waals surface area contributed by atoms with Crippen molar-refractivity contribution in [3.8, 4) is 0 Å². The molecule has 2 aliphatic heterocycles. The minimum absolute atomic E-state index is 0.0147. The van der Waals surface area contributed by atoms with Gasteiger partial charge in [-0.3, -0.25) is 14.4 Å². The summed E-state index contributed by atoms with van der Waals surface area (Å²) in [6.45, 7) is 1.38. The van der Waals surface area contributed by atoms with Gasteiger partial charge in [-0.2, -0.15) is 0 Å². The van der Waals surface area contributed by atoms with Gasteiger partial charge in [-0.1, -0.05) is 43.2 Å². The van der Waals surface area contributed by atoms with Crippen LogP contribution in [-0.2, 0) is 19.8 Å². The number of nitrogens with zero attached hydrogens (tertiary/aromatic N) is 2. The molecule has 2 heterocycles. The van der Waals surface area contributed by atoms with Crippen LogP contribution in [0.15, 0.2) is 30.3 Å². The third kappa shape index (κ3) is 3.29. The van der Waals surface area contributed by atoms with E-state index < -0.39 is 11.4 Å². The van der Waals surface area contributed by atoms with Gasteiger partial charge in [0.1, 0.15) is 0 Å². The van der Waals surface area contributed by atoms with Crippen LogP contribution in [0, 0.1) is 5.92 Å². The fraction of sp³-hybridized carbons (Fsp3) is 0.591. The van der Waals surface area contributed by atoms with Crippen molar-refractivity contribution < 1.29 is 19.5 Å². The second kappa shape index (κ2) is 7.57. The van der Waals surface area contributed by atoms with Gasteiger partial charge in [0, 0.05) is 32.1 Å². The highest BCUT2D eigenvalue weighted by molar-refractivity contribution is 5.90. The lowest BCUT2D eigenvalue weighted by Crippen LogP contribution is -2.50. The Labute approximate surface area is 165 Å². The van der Waals surface area contributed by atoms with Gasteiger partial charge in [0.25, 0.3) is 0 Å². The lowest BCUT2D eigenvalue weighted by molar-refractivity contribution is -0.149. The monoisotopic (exact) mass is 384 g/mol. The first-order valence-electron chi connectivity index (χ1n) is 10.4. The highest BCUT2D eigenvalue weighted by Gasteiger charge is 2.46. The molecule has 6 nitrogen and oxygen atoms in total. The van der Waals surface area contributed by atoms with Crippen LogP contribution >= 0.6 is 0 Å². The van der Waals surface area contributed by atoms with Crippen molar-refractivity contribution in [1.29, 1.82) is 0 Å². The van der Waals surface area contributed by atoms with Crippen LogP contribution in [0.25, 0.3) is 0 Å². The van der Waals surface area contributed by atoms with E-state index in [0.29, 0.717) is 44.9 Å². The van der Waals surface area contributed by atoms with Gasteiger partial charge in [0.15, 0.2) is 0 Å². The molecule has 3 aliphatic rings. The quantitative estimate of drug-likeness (QED) is 0.865. The smallest absolute Gasteiger partial charge is 0.314 e. The zero-order valence-corrected chi connectivity index (χ0v) is 16.2. The van der Waals surface area contributed by atoms with Gasteiger partial charge in [0.05, 0.1) is 11.3 Å². The number of benzene rings is 1. The van der Waals surface area contributed by atoms with E-state index >= 15 is 0 Å². The maximum absolute atomic E-state index is 13.0. The largest absolute Gasteiger partial charge is 0.481 e. The van der Waals surface area contributed by atoms with E-state index in [9.17, 15) is 19.5 Å². The molecular formula is C22H28N2O4. The maximum atomic E-state index is 13.0. The molecule has 0 aromatic heterocycles. The van der Waals surface area contributed by atoms with Gasteiger partial charge in [-0.25, -0.2) is 0 Å². The average Bonchev–Trinajstić information content (AvgIpc) is 3.37. The SMILES string of the molecule is O=C([C@H]1CC(=O)N(C2CCCC2)C1)N1CCC(C(=O)O)(c2ccccc2)CC1. The summed E-state index contributed by atoms with van der Waals surface area (Å²) in [7, 11) is 0. The second-order valence-corrected chi connectivity index (χ2v) is 8.46. The molecule has 1 aliphatic carbocycles. The van der Waals surface area contributed by atoms with E-state index in [4.69, 9.17) is 0 Å². The van der Waals surface area contributed by atoms with E-state index in [1.165, 1.54) is 0 Å². The van der Waals surface area contributed by atoms with Gasteiger partial charge < -0.3 is 14.9 Å². The van der Waals surface area contributed by atoms with Crippen molar-refractivity contribution in [3.05, 3.63) is 35.9 Å². The number of likely N-dealkylation sites (tertiary alicyclic amines) is 2. The van der Waals surface area contributed by atoms with Gasteiger partial charge in [-0.15, -0.1) is 0 Å². The molecule has 2 amide bonds. The van der Waals surface area contributed by atoms with Crippen LogP contribution < -0.4 is 0 Å². The number of carbonyl (C=O) groups is 3. The van der Waals surface area contributed by atoms with Gasteiger partial charge in [0.2, 0.25) is 11.8 Å². The Morgan fingerprint density at radius 2 is 1.68 bits per heavy atom. The number of hydrogen-bond acceptors (Lipinski definition) is 3. The minimum Gasteiger partial charge on any atom is -0.481 e. The minimum atomic E-state index is -0.931. The second-order valence-electron chi connectivity index (χ2n) is 8.46. The molecule has 0 unspecified atom stereocenters. The number of hydrogen-bond donors (Lipinski definition) is 1. The zero-order valence-electron chi connectivity index (χ0n) is 16.2. The summed E-state index contributed by atoms with van der Waals surface area (Å²) in [6.07, 6.45) is 5.54. The lowest BCUT2D eigenvalue weighted by Gasteiger charge is -2.40. The molecule has 0 radical (unpaired) electrons. The number of rotatable bonds is 4. The standard InChI is InChI=1S/C22H28N2O4/c25-19-14-16(15-24(19)18-8-4-5-9-18)20(26)23-12-10-22(11-13-23,21(27)28)17-6-2-1-3-7-17/h1-3,6-7,16,18H,4-5,8-15H2,(H,27,28)/t16-/m0/s1. The Balaban J connectivity index is 1.41. The fourth-order valence-electron chi connectivity index (χ4n) is 5.22. The Morgan fingerprint density at radius 1 is 1.04 bits per heavy atom. The van der Waals surface area contributed by atoms with Crippen LogP contribution in [0.3, 0.4) is 0 Å². The van der Waals surface area contributed by atoms with Crippen molar-refractivity contribution in [3.63, 3.8) is 0 Å². The zero-order chi connectivity index (χ0) is 19.7. The normalized spacial score (nSPS) is 25.3. The van der Waals surface area contributed by atoms with Crippen LogP contribution in [0.2, 0.25) is 0 Å². The van der Waals surface area contributed by atoms with Crippen molar-refractivity contribution in [2.24, 2.45) is 5.92 Å². The molecule has 1 aromatic rings. The summed E-state index contributed by atoms with van der Waals surface area (Å²) < 4.78 is 0. The van der Waals surface area contributed by atoms with Crippen LogP contribution in [0.4, 0.5) is 0 Å². The summed E-state index contributed by atoms with van der Waals surface area (Å²) in [5, 5.41) is 9.91. The molecule has 1 atom stereocenters. The first-order valence-corrected chi connectivity index (χ1v) is 10.4. The van der Waals surface area contributed by atoms with Crippen molar-refractivity contribution in [1.82, 2.24) is 9.80 Å². The number of carbonyl (C=O) groups excluding carboxylic acids is 2. The Bertz CT molecular complexity index is 749. The molecule has 0 spiro atoms. The third-order valence-electron chi connectivity index (χ3n) is 6.94. The molecule has 1 saturated carbocycles. The van der Waals surface area contributed by atoms with Crippen molar-refractivity contribution in [2.75, 3.05) is 19.6 Å². The summed E-state index contributed by atoms with van der Waals surface area (Å²) >= 11 is 0. The van der Waals surface area contributed by atoms with Crippen molar-refractivity contribution >= 4 is 17.8 Å². The molecule has 1 aromatic carbocycles. The molecule has 1 N–H and O–H groups in total. The molecule has 4 rings (SSSR count). The van der Waals surface area contributed by atoms with Crippen LogP contribution in [0.5, 0.6) is 0 Å². The van der Waals surface area contributed by atoms with E-state index in [1.54, 1.807) is 4.90 Å². The molecule has 28 heavy (non-hydrogen) atoms. The van der Waals surface area contributed by atoms with E-state index in [2.05, 4.69) is 0 Å². The van der Waals surface area contributed by atoms with Crippen LogP contribution in [-0.4, -0.2) is 58.4 Å². The van der Waals surface area contributed by atoms with Crippen LogP contribution in [0.1, 0.15) is 50.5 Å². The lowest BCUT2D eigenvalue weighted by atomic mass is 9.72. The summed E-state index contributed by atoms with van der Waals surface area (Å²) in [5.74, 6) is -0.983. The first-order chi connectivity index (χ1) is 13.5. The third-order valence-corrected chi connectivity index (χ3v) is 6.94. The summed E-state index contributed by atoms with van der Waals surface area (Å²) in [5.41, 5.74) is -0.127. The molecular weight excluding hydrogens is 356 g/mol. The van der Waals surface area contributed by atoms with Crippen molar-refractivity contribution in [2.45, 2.75) is 56.4 Å². The first kappa shape index (κ1) is 19.0. The molecule has 6 heteroatoms. The van der Waals surface area contributed by atoms with E-state index in [-0.39, 0.29) is 17.7 Å². The number of carboxylic acids is 1. The predicted molar refractivity (Wildman–Crippen MR) is 104 cm³/mol. The van der Waals surface area contributed by atoms with E-state index in [1.807, 2.05) is 35.2 Å². The maximum Gasteiger partial charge on any atom is 0.314 e. The number of aliphatic carboxylic acids is 1. The fourth-order valence-corrected chi connectivity index (χ4v) is 5.22. The van der Waals surface area contributed by atoms with Gasteiger partial charge >= 0.3 is 5.97 Å². The number of amides is 2. The van der Waals surface area contributed by atoms with E-state index in [0.717, 1.165) is 31.2 Å². The highest BCUT2D eigenvalue weighted by Crippen LogP contribution is 2.37. The Morgan fingerprint density at radius 3 is 2.29 bits per heavy atom.